The van der Waals surface area contributed by atoms with Crippen LogP contribution < -0.4 is 14.8 Å². The van der Waals surface area contributed by atoms with Crippen LogP contribution in [0.2, 0.25) is 0 Å². The standard InChI is InChI=1S/C13H19NO2/c1-9-10-6-7-12(15-2)13(16-3)11(10)5-4-8-14-9/h6-7,9,14H,4-5,8H2,1-3H3. The van der Waals surface area contributed by atoms with Crippen molar-refractivity contribution in [3.8, 4) is 11.5 Å². The van der Waals surface area contributed by atoms with Crippen molar-refractivity contribution >= 4 is 0 Å². The highest BCUT2D eigenvalue weighted by Crippen LogP contribution is 2.37. The smallest absolute Gasteiger partial charge is 0.164 e. The van der Waals surface area contributed by atoms with Crippen molar-refractivity contribution in [1.82, 2.24) is 5.32 Å². The van der Waals surface area contributed by atoms with E-state index < -0.39 is 0 Å². The number of nitrogens with one attached hydrogen (secondary N) is 1. The molecule has 1 aromatic carbocycles. The van der Waals surface area contributed by atoms with E-state index in [-0.39, 0.29) is 0 Å². The monoisotopic (exact) mass is 221 g/mol. The summed E-state index contributed by atoms with van der Waals surface area (Å²) in [5.74, 6) is 1.73. The zero-order chi connectivity index (χ0) is 11.5. The van der Waals surface area contributed by atoms with Gasteiger partial charge in [0.05, 0.1) is 14.2 Å². The Morgan fingerprint density at radius 3 is 2.75 bits per heavy atom. The van der Waals surface area contributed by atoms with Gasteiger partial charge >= 0.3 is 0 Å². The van der Waals surface area contributed by atoms with E-state index >= 15 is 0 Å². The first-order valence-electron chi connectivity index (χ1n) is 5.75. The summed E-state index contributed by atoms with van der Waals surface area (Å²) in [6.07, 6.45) is 2.19. The molecule has 1 aliphatic rings. The number of hydrogen-bond donors (Lipinski definition) is 1. The molecule has 3 nitrogen and oxygen atoms in total. The average molecular weight is 221 g/mol. The van der Waals surface area contributed by atoms with Crippen molar-refractivity contribution in [2.45, 2.75) is 25.8 Å². The van der Waals surface area contributed by atoms with E-state index in [0.717, 1.165) is 30.9 Å². The molecular formula is C13H19NO2. The van der Waals surface area contributed by atoms with Gasteiger partial charge in [-0.2, -0.15) is 0 Å². The third kappa shape index (κ3) is 1.87. The maximum Gasteiger partial charge on any atom is 0.164 e. The molecule has 1 unspecified atom stereocenters. The molecule has 0 saturated carbocycles. The molecule has 1 N–H and O–H groups in total. The van der Waals surface area contributed by atoms with Gasteiger partial charge in [0.15, 0.2) is 11.5 Å². The fourth-order valence-electron chi connectivity index (χ4n) is 2.36. The first kappa shape index (κ1) is 11.3. The minimum absolute atomic E-state index is 0.386. The van der Waals surface area contributed by atoms with Gasteiger partial charge in [-0.25, -0.2) is 0 Å². The van der Waals surface area contributed by atoms with Crippen LogP contribution in [0.5, 0.6) is 11.5 Å². The number of hydrogen-bond acceptors (Lipinski definition) is 3. The molecule has 1 heterocycles. The predicted molar refractivity (Wildman–Crippen MR) is 64.3 cm³/mol. The topological polar surface area (TPSA) is 30.5 Å². The molecule has 2 rings (SSSR count). The molecule has 0 amide bonds. The molecule has 0 fully saturated rings. The normalized spacial score (nSPS) is 19.8. The zero-order valence-electron chi connectivity index (χ0n) is 10.2. The summed E-state index contributed by atoms with van der Waals surface area (Å²) in [7, 11) is 3.39. The third-order valence-electron chi connectivity index (χ3n) is 3.21. The summed E-state index contributed by atoms with van der Waals surface area (Å²) in [4.78, 5) is 0. The Hall–Kier alpha value is -1.22. The summed E-state index contributed by atoms with van der Waals surface area (Å²) in [6.45, 7) is 3.25. The summed E-state index contributed by atoms with van der Waals surface area (Å²) in [5, 5.41) is 3.49. The molecule has 0 spiro atoms. The van der Waals surface area contributed by atoms with E-state index in [2.05, 4.69) is 18.3 Å². The molecule has 3 heteroatoms. The van der Waals surface area contributed by atoms with Crippen molar-refractivity contribution in [2.75, 3.05) is 20.8 Å². The Morgan fingerprint density at radius 2 is 2.06 bits per heavy atom. The van der Waals surface area contributed by atoms with Crippen LogP contribution >= 0.6 is 0 Å². The summed E-state index contributed by atoms with van der Waals surface area (Å²) in [6, 6.07) is 4.51. The van der Waals surface area contributed by atoms with E-state index in [1.165, 1.54) is 11.1 Å². The lowest BCUT2D eigenvalue weighted by molar-refractivity contribution is 0.351. The van der Waals surface area contributed by atoms with Crippen molar-refractivity contribution in [3.63, 3.8) is 0 Å². The molecule has 16 heavy (non-hydrogen) atoms. The predicted octanol–water partition coefficient (Wildman–Crippen LogP) is 2.30. The molecule has 1 aliphatic heterocycles. The first-order valence-corrected chi connectivity index (χ1v) is 5.75. The summed E-state index contributed by atoms with van der Waals surface area (Å²) >= 11 is 0. The Bertz CT molecular complexity index is 376. The molecule has 0 bridgehead atoms. The summed E-state index contributed by atoms with van der Waals surface area (Å²) in [5.41, 5.74) is 2.62. The highest BCUT2D eigenvalue weighted by Gasteiger charge is 2.20. The molecule has 0 radical (unpaired) electrons. The Labute approximate surface area is 96.8 Å². The lowest BCUT2D eigenvalue weighted by Crippen LogP contribution is -2.17. The largest absolute Gasteiger partial charge is 0.493 e. The number of rotatable bonds is 2. The Morgan fingerprint density at radius 1 is 1.25 bits per heavy atom. The van der Waals surface area contributed by atoms with Gasteiger partial charge in [0.2, 0.25) is 0 Å². The van der Waals surface area contributed by atoms with Crippen LogP contribution in [0, 0.1) is 0 Å². The van der Waals surface area contributed by atoms with Crippen LogP contribution in [0.25, 0.3) is 0 Å². The number of methoxy groups -OCH3 is 2. The fraction of sp³-hybridized carbons (Fsp3) is 0.538. The van der Waals surface area contributed by atoms with Gasteiger partial charge in [0.1, 0.15) is 0 Å². The van der Waals surface area contributed by atoms with Gasteiger partial charge in [0, 0.05) is 11.6 Å². The second-order valence-electron chi connectivity index (χ2n) is 4.15. The van der Waals surface area contributed by atoms with Gasteiger partial charge in [0.25, 0.3) is 0 Å². The van der Waals surface area contributed by atoms with E-state index in [1.54, 1.807) is 14.2 Å². The van der Waals surface area contributed by atoms with E-state index in [1.807, 2.05) is 6.07 Å². The number of ether oxygens (including phenoxy) is 2. The Kier molecular flexibility index (Phi) is 3.34. The minimum Gasteiger partial charge on any atom is -0.493 e. The van der Waals surface area contributed by atoms with Gasteiger partial charge < -0.3 is 14.8 Å². The molecule has 1 atom stereocenters. The van der Waals surface area contributed by atoms with Crippen molar-refractivity contribution in [2.24, 2.45) is 0 Å². The lowest BCUT2D eigenvalue weighted by atomic mass is 9.98. The zero-order valence-corrected chi connectivity index (χ0v) is 10.2. The quantitative estimate of drug-likeness (QED) is 0.831. The molecule has 0 aromatic heterocycles. The molecular weight excluding hydrogens is 202 g/mol. The van der Waals surface area contributed by atoms with Crippen molar-refractivity contribution in [3.05, 3.63) is 23.3 Å². The van der Waals surface area contributed by atoms with Crippen molar-refractivity contribution in [1.29, 1.82) is 0 Å². The van der Waals surface area contributed by atoms with E-state index in [4.69, 9.17) is 9.47 Å². The molecule has 88 valence electrons. The molecule has 0 aliphatic carbocycles. The van der Waals surface area contributed by atoms with Gasteiger partial charge in [-0.05, 0) is 37.9 Å². The number of fused-ring (bicyclic) bond motifs is 1. The van der Waals surface area contributed by atoms with Crippen LogP contribution in [-0.4, -0.2) is 20.8 Å². The number of benzene rings is 1. The fourth-order valence-corrected chi connectivity index (χ4v) is 2.36. The van der Waals surface area contributed by atoms with Crippen LogP contribution in [0.4, 0.5) is 0 Å². The lowest BCUT2D eigenvalue weighted by Gasteiger charge is -2.18. The third-order valence-corrected chi connectivity index (χ3v) is 3.21. The highest BCUT2D eigenvalue weighted by molar-refractivity contribution is 5.52. The van der Waals surface area contributed by atoms with Crippen LogP contribution in [-0.2, 0) is 6.42 Å². The first-order chi connectivity index (χ1) is 7.77. The second-order valence-corrected chi connectivity index (χ2v) is 4.15. The van der Waals surface area contributed by atoms with Gasteiger partial charge in [-0.15, -0.1) is 0 Å². The Balaban J connectivity index is 2.52. The van der Waals surface area contributed by atoms with Gasteiger partial charge in [-0.1, -0.05) is 6.07 Å². The molecule has 1 aromatic rings. The van der Waals surface area contributed by atoms with Gasteiger partial charge in [-0.3, -0.25) is 0 Å². The maximum absolute atomic E-state index is 5.49. The molecule has 0 saturated heterocycles. The minimum atomic E-state index is 0.386. The van der Waals surface area contributed by atoms with Crippen LogP contribution in [0.15, 0.2) is 12.1 Å². The van der Waals surface area contributed by atoms with Crippen LogP contribution in [0.3, 0.4) is 0 Å². The van der Waals surface area contributed by atoms with E-state index in [9.17, 15) is 0 Å². The maximum atomic E-state index is 5.49. The SMILES string of the molecule is COc1ccc2c(c1OC)CCCNC2C. The van der Waals surface area contributed by atoms with Crippen LogP contribution in [0.1, 0.15) is 30.5 Å². The summed E-state index contributed by atoms with van der Waals surface area (Å²) < 4.78 is 10.8. The highest BCUT2D eigenvalue weighted by atomic mass is 16.5. The van der Waals surface area contributed by atoms with E-state index in [0.29, 0.717) is 6.04 Å². The van der Waals surface area contributed by atoms with Crippen molar-refractivity contribution < 1.29 is 9.47 Å². The second kappa shape index (κ2) is 4.74. The average Bonchev–Trinajstić information content (AvgIpc) is 2.50.